The summed E-state index contributed by atoms with van der Waals surface area (Å²) in [5.41, 5.74) is 5.46. The van der Waals surface area contributed by atoms with Crippen LogP contribution in [-0.4, -0.2) is 47.2 Å². The van der Waals surface area contributed by atoms with Crippen LogP contribution in [0.2, 0.25) is 0 Å². The van der Waals surface area contributed by atoms with Gasteiger partial charge in [0, 0.05) is 25.9 Å². The third-order valence-corrected chi connectivity index (χ3v) is 4.55. The summed E-state index contributed by atoms with van der Waals surface area (Å²) in [6.45, 7) is 5.06. The average Bonchev–Trinajstić information content (AvgIpc) is 2.62. The standard InChI is InChI=1S/C20H38N2O5/c1-3-5-8-12-17(27-19(25)4-2)13-11-16-22(20(21)26)15-10-7-6-9-14-18(23)24/h17H,3-16H2,1-2H3,(H2,21,26)(H,23,24). The molecule has 3 N–H and O–H groups in total. The Balaban J connectivity index is 4.17. The fourth-order valence-corrected chi connectivity index (χ4v) is 2.93. The molecule has 0 radical (unpaired) electrons. The van der Waals surface area contributed by atoms with Crippen LogP contribution in [0.1, 0.15) is 90.9 Å². The Hall–Kier alpha value is -1.79. The highest BCUT2D eigenvalue weighted by Gasteiger charge is 2.15. The average molecular weight is 387 g/mol. The Morgan fingerprint density at radius 1 is 0.926 bits per heavy atom. The molecule has 27 heavy (non-hydrogen) atoms. The molecular weight excluding hydrogens is 348 g/mol. The van der Waals surface area contributed by atoms with Crippen molar-refractivity contribution in [3.05, 3.63) is 0 Å². The third kappa shape index (κ3) is 15.0. The van der Waals surface area contributed by atoms with Crippen molar-refractivity contribution in [1.82, 2.24) is 4.90 Å². The van der Waals surface area contributed by atoms with E-state index in [0.29, 0.717) is 25.9 Å². The number of rotatable bonds is 17. The maximum atomic E-state index is 11.6. The summed E-state index contributed by atoms with van der Waals surface area (Å²) < 4.78 is 5.51. The topological polar surface area (TPSA) is 110 Å². The molecule has 0 aromatic heterocycles. The summed E-state index contributed by atoms with van der Waals surface area (Å²) in [6, 6.07) is -0.436. The largest absolute Gasteiger partial charge is 0.481 e. The van der Waals surface area contributed by atoms with Crippen molar-refractivity contribution in [2.75, 3.05) is 13.1 Å². The number of carboxylic acid groups (broad SMARTS) is 1. The summed E-state index contributed by atoms with van der Waals surface area (Å²) in [4.78, 5) is 35.3. The molecule has 0 aromatic rings. The number of aliphatic carboxylic acids is 1. The van der Waals surface area contributed by atoms with E-state index in [1.54, 1.807) is 11.8 Å². The van der Waals surface area contributed by atoms with Gasteiger partial charge < -0.3 is 20.5 Å². The quantitative estimate of drug-likeness (QED) is 0.289. The lowest BCUT2D eigenvalue weighted by Gasteiger charge is -2.22. The molecular formula is C20H38N2O5. The number of esters is 1. The molecule has 0 aliphatic heterocycles. The number of urea groups is 1. The molecule has 0 fully saturated rings. The number of primary amides is 1. The monoisotopic (exact) mass is 386 g/mol. The molecule has 0 spiro atoms. The maximum Gasteiger partial charge on any atom is 0.314 e. The predicted octanol–water partition coefficient (Wildman–Crippen LogP) is 4.08. The number of nitrogens with zero attached hydrogens (tertiary/aromatic N) is 1. The van der Waals surface area contributed by atoms with E-state index < -0.39 is 12.0 Å². The Labute approximate surface area is 163 Å². The van der Waals surface area contributed by atoms with Gasteiger partial charge in [-0.3, -0.25) is 9.59 Å². The fourth-order valence-electron chi connectivity index (χ4n) is 2.93. The second kappa shape index (κ2) is 16.4. The molecule has 158 valence electrons. The van der Waals surface area contributed by atoms with Crippen molar-refractivity contribution in [1.29, 1.82) is 0 Å². The summed E-state index contributed by atoms with van der Waals surface area (Å²) in [5, 5.41) is 8.61. The lowest BCUT2D eigenvalue weighted by molar-refractivity contribution is -0.149. The molecule has 2 amide bonds. The Bertz CT molecular complexity index is 429. The molecule has 0 aliphatic carbocycles. The van der Waals surface area contributed by atoms with Crippen LogP contribution in [0.4, 0.5) is 4.79 Å². The molecule has 7 nitrogen and oxygen atoms in total. The van der Waals surface area contributed by atoms with Crippen LogP contribution in [0.5, 0.6) is 0 Å². The highest BCUT2D eigenvalue weighted by atomic mass is 16.5. The van der Waals surface area contributed by atoms with Crippen LogP contribution >= 0.6 is 0 Å². The fraction of sp³-hybridized carbons (Fsp3) is 0.850. The normalized spacial score (nSPS) is 11.8. The number of ether oxygens (including phenoxy) is 1. The van der Waals surface area contributed by atoms with Crippen LogP contribution in [0.3, 0.4) is 0 Å². The van der Waals surface area contributed by atoms with E-state index in [0.717, 1.165) is 57.8 Å². The van der Waals surface area contributed by atoms with Crippen LogP contribution in [-0.2, 0) is 14.3 Å². The second-order valence-corrected chi connectivity index (χ2v) is 6.99. The zero-order valence-electron chi connectivity index (χ0n) is 17.1. The minimum absolute atomic E-state index is 0.0882. The first-order chi connectivity index (χ1) is 12.9. The number of hydrogen-bond donors (Lipinski definition) is 2. The van der Waals surface area contributed by atoms with Crippen molar-refractivity contribution in [2.24, 2.45) is 5.73 Å². The van der Waals surface area contributed by atoms with Crippen molar-refractivity contribution in [3.63, 3.8) is 0 Å². The molecule has 0 aliphatic rings. The van der Waals surface area contributed by atoms with Gasteiger partial charge in [-0.2, -0.15) is 0 Å². The lowest BCUT2D eigenvalue weighted by atomic mass is 10.1. The molecule has 0 rings (SSSR count). The molecule has 0 bridgehead atoms. The summed E-state index contributed by atoms with van der Waals surface area (Å²) in [5.74, 6) is -0.948. The summed E-state index contributed by atoms with van der Waals surface area (Å²) in [6.07, 6.45) is 9.29. The molecule has 0 heterocycles. The van der Waals surface area contributed by atoms with Gasteiger partial charge in [-0.15, -0.1) is 0 Å². The van der Waals surface area contributed by atoms with Gasteiger partial charge in [0.15, 0.2) is 0 Å². The van der Waals surface area contributed by atoms with Crippen LogP contribution in [0.15, 0.2) is 0 Å². The number of nitrogens with two attached hydrogens (primary N) is 1. The van der Waals surface area contributed by atoms with Crippen molar-refractivity contribution in [2.45, 2.75) is 97.0 Å². The summed E-state index contributed by atoms with van der Waals surface area (Å²) in [7, 11) is 0. The Kier molecular flexibility index (Phi) is 15.3. The van der Waals surface area contributed by atoms with Gasteiger partial charge in [0.2, 0.25) is 0 Å². The van der Waals surface area contributed by atoms with Crippen molar-refractivity contribution < 1.29 is 24.2 Å². The highest BCUT2D eigenvalue weighted by molar-refractivity contribution is 5.71. The van der Waals surface area contributed by atoms with E-state index in [2.05, 4.69) is 6.92 Å². The van der Waals surface area contributed by atoms with Gasteiger partial charge in [-0.05, 0) is 38.5 Å². The smallest absolute Gasteiger partial charge is 0.314 e. The van der Waals surface area contributed by atoms with E-state index >= 15 is 0 Å². The number of carbonyl (C=O) groups is 3. The maximum absolute atomic E-state index is 11.6. The van der Waals surface area contributed by atoms with Gasteiger partial charge in [0.1, 0.15) is 6.10 Å². The van der Waals surface area contributed by atoms with E-state index in [1.165, 1.54) is 0 Å². The number of unbranched alkanes of at least 4 members (excludes halogenated alkanes) is 5. The van der Waals surface area contributed by atoms with E-state index in [1.807, 2.05) is 0 Å². The number of carbonyl (C=O) groups excluding carboxylic acids is 2. The SMILES string of the molecule is CCCCCC(CCCN(CCCCCCC(=O)O)C(N)=O)OC(=O)CC. The van der Waals surface area contributed by atoms with Gasteiger partial charge >= 0.3 is 18.0 Å². The first-order valence-corrected chi connectivity index (χ1v) is 10.4. The minimum atomic E-state index is -0.772. The zero-order chi connectivity index (χ0) is 20.5. The van der Waals surface area contributed by atoms with Gasteiger partial charge in [0.05, 0.1) is 0 Å². The second-order valence-electron chi connectivity index (χ2n) is 6.99. The molecule has 7 heteroatoms. The van der Waals surface area contributed by atoms with E-state index in [9.17, 15) is 14.4 Å². The number of amides is 2. The summed E-state index contributed by atoms with van der Waals surface area (Å²) >= 11 is 0. The molecule has 1 unspecified atom stereocenters. The lowest BCUT2D eigenvalue weighted by Crippen LogP contribution is -2.37. The van der Waals surface area contributed by atoms with Crippen LogP contribution in [0.25, 0.3) is 0 Å². The van der Waals surface area contributed by atoms with Gasteiger partial charge in [-0.25, -0.2) is 4.79 Å². The molecule has 1 atom stereocenters. The molecule has 0 saturated carbocycles. The first kappa shape index (κ1) is 25.2. The Morgan fingerprint density at radius 2 is 1.56 bits per heavy atom. The third-order valence-electron chi connectivity index (χ3n) is 4.55. The van der Waals surface area contributed by atoms with Crippen molar-refractivity contribution in [3.8, 4) is 0 Å². The predicted molar refractivity (Wildman–Crippen MR) is 105 cm³/mol. The van der Waals surface area contributed by atoms with E-state index in [4.69, 9.17) is 15.6 Å². The van der Waals surface area contributed by atoms with Gasteiger partial charge in [0.25, 0.3) is 0 Å². The van der Waals surface area contributed by atoms with Gasteiger partial charge in [-0.1, -0.05) is 39.5 Å². The number of carboxylic acids is 1. The van der Waals surface area contributed by atoms with E-state index in [-0.39, 0.29) is 18.5 Å². The minimum Gasteiger partial charge on any atom is -0.481 e. The van der Waals surface area contributed by atoms with Crippen molar-refractivity contribution >= 4 is 18.0 Å². The first-order valence-electron chi connectivity index (χ1n) is 10.4. The molecule has 0 saturated heterocycles. The number of hydrogen-bond acceptors (Lipinski definition) is 4. The zero-order valence-corrected chi connectivity index (χ0v) is 17.1. The van der Waals surface area contributed by atoms with Crippen LogP contribution < -0.4 is 5.73 Å². The highest BCUT2D eigenvalue weighted by Crippen LogP contribution is 2.14. The molecule has 0 aromatic carbocycles. The Morgan fingerprint density at radius 3 is 2.15 bits per heavy atom. The van der Waals surface area contributed by atoms with Crippen LogP contribution in [0, 0.1) is 0 Å².